The SMILES string of the molecule is CCOn1cc(-c2nc(Nc3cc(N)c(N(C)CCN(C)C)cc3OC)ncc2C(=O)OC(C)C)c2ccccc21.CCOn1cc(-c2nc(Nc3cc([N+](=O)[O-])c(F)cc3OC)ncc2C(=O)OC(C)C)c2ccccc21.CCOn1cc(-c2nc(Nc3cc([N+](=O)[O-])c(N(C)CCN(C)C)cc3OC)ncc2C(=O)OC(C)C)c2ccccc21. The summed E-state index contributed by atoms with van der Waals surface area (Å²) in [6.07, 6.45) is 8.39. The summed E-state index contributed by atoms with van der Waals surface area (Å²) in [6.45, 7) is 20.5. The number of hydrogen-bond donors (Lipinski definition) is 4. The molecule has 36 heteroatoms. The van der Waals surface area contributed by atoms with Crippen molar-refractivity contribution in [3.8, 4) is 51.0 Å². The Morgan fingerprint density at radius 3 is 1.10 bits per heavy atom. The highest BCUT2D eigenvalue weighted by Crippen LogP contribution is 2.43. The average molecular weight is 1660 g/mol. The lowest BCUT2D eigenvalue weighted by molar-refractivity contribution is -0.387. The van der Waals surface area contributed by atoms with Crippen LogP contribution in [-0.2, 0) is 14.2 Å². The first-order valence-corrected chi connectivity index (χ1v) is 38.7. The third kappa shape index (κ3) is 21.4. The first-order valence-electron chi connectivity index (χ1n) is 38.7. The Morgan fingerprint density at radius 2 is 0.777 bits per heavy atom. The van der Waals surface area contributed by atoms with Crippen LogP contribution in [0.15, 0.2) is 146 Å². The fraction of sp³-hybridized carbons (Fsp3) is 0.329. The number of likely N-dealkylation sites (N-methyl/N-ethyl adjacent to an activating group) is 4. The summed E-state index contributed by atoms with van der Waals surface area (Å²) < 4.78 is 51.9. The maximum atomic E-state index is 14.1. The number of rotatable bonds is 34. The zero-order chi connectivity index (χ0) is 87.6. The van der Waals surface area contributed by atoms with Crippen molar-refractivity contribution in [3.05, 3.63) is 189 Å². The Kier molecular flexibility index (Phi) is 29.7. The number of fused-ring (bicyclic) bond motifs is 3. The minimum atomic E-state index is -1.05. The molecule has 0 saturated heterocycles. The van der Waals surface area contributed by atoms with E-state index in [1.807, 2.05) is 151 Å². The molecule has 12 rings (SSSR count). The number of para-hydroxylation sites is 3. The maximum Gasteiger partial charge on any atom is 0.342 e. The van der Waals surface area contributed by atoms with Crippen molar-refractivity contribution in [1.82, 2.24) is 53.9 Å². The second-order valence-corrected chi connectivity index (χ2v) is 28.6. The molecule has 638 valence electrons. The van der Waals surface area contributed by atoms with Gasteiger partial charge >= 0.3 is 23.6 Å². The molecule has 0 fully saturated rings. The quantitative estimate of drug-likeness (QED) is 0.00956. The predicted molar refractivity (Wildman–Crippen MR) is 462 cm³/mol. The first-order chi connectivity index (χ1) is 57.9. The number of aromatic nitrogens is 9. The van der Waals surface area contributed by atoms with Crippen LogP contribution in [-0.4, -0.2) is 210 Å². The number of carbonyl (C=O) groups is 3. The molecule has 0 radical (unpaired) electrons. The molecule has 6 aromatic heterocycles. The van der Waals surface area contributed by atoms with Crippen molar-refractivity contribution in [2.75, 3.05) is 141 Å². The molecule has 0 bridgehead atoms. The molecule has 0 atom stereocenters. The number of methoxy groups -OCH3 is 3. The van der Waals surface area contributed by atoms with Crippen LogP contribution in [0.5, 0.6) is 17.2 Å². The van der Waals surface area contributed by atoms with Gasteiger partial charge in [-0.1, -0.05) is 54.6 Å². The van der Waals surface area contributed by atoms with Crippen molar-refractivity contribution in [2.24, 2.45) is 0 Å². The molecule has 0 saturated carbocycles. The van der Waals surface area contributed by atoms with Crippen LogP contribution in [0.25, 0.3) is 66.5 Å². The van der Waals surface area contributed by atoms with Gasteiger partial charge in [0.05, 0.1) is 130 Å². The van der Waals surface area contributed by atoms with Crippen LogP contribution >= 0.6 is 0 Å². The number of nitrogen functional groups attached to an aromatic ring is 1. The predicted octanol–water partition coefficient (Wildman–Crippen LogP) is 14.1. The van der Waals surface area contributed by atoms with Crippen LogP contribution in [0.2, 0.25) is 0 Å². The number of nitrogens with two attached hydrogens (primary N) is 1. The van der Waals surface area contributed by atoms with E-state index in [9.17, 15) is 39.0 Å². The lowest BCUT2D eigenvalue weighted by Crippen LogP contribution is -2.29. The average Bonchev–Trinajstić information content (AvgIpc) is 1.64. The minimum Gasteiger partial charge on any atom is -0.494 e. The highest BCUT2D eigenvalue weighted by Gasteiger charge is 2.30. The van der Waals surface area contributed by atoms with E-state index < -0.39 is 39.3 Å². The Labute approximate surface area is 698 Å². The molecule has 0 aliphatic heterocycles. The van der Waals surface area contributed by atoms with Crippen LogP contribution in [0.4, 0.5) is 67.7 Å². The number of nitrogens with one attached hydrogen (secondary N) is 3. The van der Waals surface area contributed by atoms with Gasteiger partial charge in [0.1, 0.15) is 59.4 Å². The monoisotopic (exact) mass is 1660 g/mol. The number of nitro groups is 2. The van der Waals surface area contributed by atoms with Crippen molar-refractivity contribution in [2.45, 2.75) is 80.6 Å². The van der Waals surface area contributed by atoms with Gasteiger partial charge in [0.15, 0.2) is 0 Å². The molecule has 121 heavy (non-hydrogen) atoms. The Bertz CT molecular complexity index is 5720. The largest absolute Gasteiger partial charge is 0.494 e. The summed E-state index contributed by atoms with van der Waals surface area (Å²) in [7, 11) is 16.1. The fourth-order valence-corrected chi connectivity index (χ4v) is 12.7. The van der Waals surface area contributed by atoms with E-state index >= 15 is 0 Å². The molecule has 35 nitrogen and oxygen atoms in total. The molecule has 0 amide bonds. The maximum absolute atomic E-state index is 14.1. The van der Waals surface area contributed by atoms with Gasteiger partial charge in [0.25, 0.3) is 5.69 Å². The molecular formula is C85H100FN19O16. The van der Waals surface area contributed by atoms with Crippen LogP contribution in [0.3, 0.4) is 0 Å². The Balaban J connectivity index is 0.000000191. The zero-order valence-electron chi connectivity index (χ0n) is 70.7. The molecule has 5 N–H and O–H groups in total. The third-order valence-corrected chi connectivity index (χ3v) is 18.3. The summed E-state index contributed by atoms with van der Waals surface area (Å²) >= 11 is 0. The van der Waals surface area contributed by atoms with Gasteiger partial charge in [0.2, 0.25) is 23.7 Å². The van der Waals surface area contributed by atoms with Crippen molar-refractivity contribution >= 4 is 114 Å². The number of carbonyl (C=O) groups excluding carboxylic acids is 3. The van der Waals surface area contributed by atoms with E-state index in [2.05, 4.69) is 45.7 Å². The number of hydrogen-bond acceptors (Lipinski definition) is 30. The van der Waals surface area contributed by atoms with Crippen LogP contribution in [0, 0.1) is 26.0 Å². The lowest BCUT2D eigenvalue weighted by Gasteiger charge is -2.24. The second-order valence-electron chi connectivity index (χ2n) is 28.6. The lowest BCUT2D eigenvalue weighted by atomic mass is 10.1. The van der Waals surface area contributed by atoms with E-state index in [-0.39, 0.29) is 75.7 Å². The summed E-state index contributed by atoms with van der Waals surface area (Å²) in [6, 6.07) is 31.4. The first kappa shape index (κ1) is 89.2. The Hall–Kier alpha value is -14.2. The summed E-state index contributed by atoms with van der Waals surface area (Å²) in [5, 5.41) is 34.9. The molecule has 12 aromatic rings. The molecule has 0 spiro atoms. The van der Waals surface area contributed by atoms with E-state index in [1.54, 1.807) is 94.4 Å². The van der Waals surface area contributed by atoms with E-state index in [1.165, 1.54) is 38.9 Å². The van der Waals surface area contributed by atoms with Crippen molar-refractivity contribution in [3.63, 3.8) is 0 Å². The summed E-state index contributed by atoms with van der Waals surface area (Å²) in [5.41, 5.74) is 14.2. The fourth-order valence-electron chi connectivity index (χ4n) is 12.7. The number of nitrogens with zero attached hydrogens (tertiary/aromatic N) is 15. The zero-order valence-corrected chi connectivity index (χ0v) is 70.7. The number of benzene rings is 6. The second kappa shape index (κ2) is 40.3. The van der Waals surface area contributed by atoms with Crippen molar-refractivity contribution < 1.29 is 71.6 Å². The van der Waals surface area contributed by atoms with Gasteiger partial charge < -0.3 is 84.2 Å². The van der Waals surface area contributed by atoms with Gasteiger partial charge in [-0.3, -0.25) is 20.2 Å². The highest BCUT2D eigenvalue weighted by atomic mass is 19.1. The van der Waals surface area contributed by atoms with Gasteiger partial charge in [0, 0.05) is 122 Å². The van der Waals surface area contributed by atoms with Gasteiger partial charge in [-0.15, -0.1) is 0 Å². The molecular weight excluding hydrogens is 1560 g/mol. The van der Waals surface area contributed by atoms with Gasteiger partial charge in [-0.05, 0) is 115 Å². The Morgan fingerprint density at radius 1 is 0.463 bits per heavy atom. The molecule has 0 unspecified atom stereocenters. The molecule has 0 aliphatic rings. The van der Waals surface area contributed by atoms with Gasteiger partial charge in [-0.25, -0.2) is 44.3 Å². The van der Waals surface area contributed by atoms with Crippen molar-refractivity contribution in [1.29, 1.82) is 0 Å². The number of nitro benzene ring substituents is 2. The topological polar surface area (TPSA) is 388 Å². The smallest absolute Gasteiger partial charge is 0.342 e. The van der Waals surface area contributed by atoms with E-state index in [4.69, 9.17) is 58.6 Å². The van der Waals surface area contributed by atoms with Crippen LogP contribution < -0.4 is 60.2 Å². The number of anilines is 9. The van der Waals surface area contributed by atoms with Crippen LogP contribution in [0.1, 0.15) is 93.4 Å². The summed E-state index contributed by atoms with van der Waals surface area (Å²) in [5.74, 6) is -1.47. The highest BCUT2D eigenvalue weighted by molar-refractivity contribution is 6.06. The molecule has 6 heterocycles. The standard InChI is InChI=1S/C30H37N7O6.C30H39N7O4.C25H24FN5O6/c1-8-42-36-18-22(20-11-9-10-12-24(20)36)28-21(29(38)43-19(2)3)17-31-30(33-28)32-23-15-26(37(39)40)25(16-27(23)41-7)35(6)14-13-34(4)5;1-8-40-37-18-22(20-11-9-10-12-25(20)37)28-21(29(38)41-19(2)3)17-32-30(34-28)33-24-15-23(31)26(16-27(24)39-7)36(6)14-13-35(4)5;1-5-36-30-13-17(15-8-6-7-9-20(15)30)23-16(24(32)37-14(2)3)12-27-25(29-23)28-19-11-21(31(33)34)18(26)10-22(19)35-4/h9-12,15-19H,8,13-14H2,1-7H3,(H,31,32,33);9-12,15-19H,8,13-14,31H2,1-7H3,(H,32,33,34);6-14H,5H2,1-4H3,(H,27,28,29). The normalized spacial score (nSPS) is 11.1. The van der Waals surface area contributed by atoms with E-state index in [0.717, 1.165) is 63.6 Å². The minimum absolute atomic E-state index is 0.00416. The summed E-state index contributed by atoms with van der Waals surface area (Å²) in [4.78, 5) is 114. The number of halogens is 1. The van der Waals surface area contributed by atoms with E-state index in [0.29, 0.717) is 95.2 Å². The van der Waals surface area contributed by atoms with Gasteiger partial charge in [-0.2, -0.15) is 18.6 Å². The number of ether oxygens (including phenoxy) is 6. The third-order valence-electron chi connectivity index (χ3n) is 18.3. The molecule has 0 aliphatic carbocycles. The molecule has 6 aromatic carbocycles. The number of esters is 3.